The van der Waals surface area contributed by atoms with Crippen LogP contribution in [0.3, 0.4) is 0 Å². The van der Waals surface area contributed by atoms with Crippen LogP contribution in [0, 0.1) is 0 Å². The van der Waals surface area contributed by atoms with Crippen molar-refractivity contribution in [2.75, 3.05) is 5.32 Å². The van der Waals surface area contributed by atoms with Gasteiger partial charge in [0.25, 0.3) is 5.56 Å². The maximum Gasteiger partial charge on any atom is 0.258 e. The van der Waals surface area contributed by atoms with Gasteiger partial charge in [-0.1, -0.05) is 12.1 Å². The molecule has 7 nitrogen and oxygen atoms in total. The molecule has 0 saturated heterocycles. The second-order valence-electron chi connectivity index (χ2n) is 6.47. The van der Waals surface area contributed by atoms with Crippen LogP contribution in [0.4, 0.5) is 5.82 Å². The van der Waals surface area contributed by atoms with Gasteiger partial charge in [-0.3, -0.25) is 9.48 Å². The number of fused-ring (bicyclic) bond motifs is 3. The number of rotatable bonds is 4. The van der Waals surface area contributed by atoms with E-state index in [0.717, 1.165) is 32.7 Å². The number of hydrogen-bond donors (Lipinski definition) is 2. The summed E-state index contributed by atoms with van der Waals surface area (Å²) in [5.41, 5.74) is 2.51. The SMILES string of the molecule is Cn1cc(-c2ccc3c(NCc4nccs4)nc4cc[nH]c(=O)c4c3c2)cn1. The van der Waals surface area contributed by atoms with E-state index in [1.165, 1.54) is 0 Å². The fourth-order valence-corrected chi connectivity index (χ4v) is 3.90. The van der Waals surface area contributed by atoms with Gasteiger partial charge in [0.1, 0.15) is 10.8 Å². The van der Waals surface area contributed by atoms with E-state index in [4.69, 9.17) is 4.98 Å². The molecule has 28 heavy (non-hydrogen) atoms. The van der Waals surface area contributed by atoms with Crippen molar-refractivity contribution >= 4 is 38.8 Å². The van der Waals surface area contributed by atoms with Crippen LogP contribution in [0.1, 0.15) is 5.01 Å². The Morgan fingerprint density at radius 2 is 2.14 bits per heavy atom. The molecule has 4 aromatic heterocycles. The van der Waals surface area contributed by atoms with Gasteiger partial charge in [0, 0.05) is 47.4 Å². The van der Waals surface area contributed by atoms with E-state index in [2.05, 4.69) is 20.4 Å². The van der Waals surface area contributed by atoms with Gasteiger partial charge in [0.2, 0.25) is 0 Å². The van der Waals surface area contributed by atoms with Crippen LogP contribution < -0.4 is 10.9 Å². The molecule has 0 radical (unpaired) electrons. The Bertz CT molecular complexity index is 1350. The maximum atomic E-state index is 12.6. The zero-order chi connectivity index (χ0) is 19.1. The first-order valence-electron chi connectivity index (χ1n) is 8.75. The number of nitrogens with zero attached hydrogens (tertiary/aromatic N) is 4. The fourth-order valence-electron chi connectivity index (χ4n) is 3.34. The number of nitrogens with one attached hydrogen (secondary N) is 2. The highest BCUT2D eigenvalue weighted by atomic mass is 32.1. The largest absolute Gasteiger partial charge is 0.363 e. The molecule has 138 valence electrons. The van der Waals surface area contributed by atoms with Gasteiger partial charge in [-0.25, -0.2) is 9.97 Å². The Labute approximate surface area is 163 Å². The molecule has 2 N–H and O–H groups in total. The Balaban J connectivity index is 1.72. The van der Waals surface area contributed by atoms with Crippen molar-refractivity contribution in [3.8, 4) is 11.1 Å². The maximum absolute atomic E-state index is 12.6. The van der Waals surface area contributed by atoms with E-state index >= 15 is 0 Å². The van der Waals surface area contributed by atoms with Gasteiger partial charge < -0.3 is 10.3 Å². The van der Waals surface area contributed by atoms with Crippen LogP contribution in [-0.4, -0.2) is 24.7 Å². The summed E-state index contributed by atoms with van der Waals surface area (Å²) in [4.78, 5) is 24.3. The van der Waals surface area contributed by atoms with E-state index in [-0.39, 0.29) is 5.56 Å². The molecule has 0 amide bonds. The van der Waals surface area contributed by atoms with Gasteiger partial charge in [-0.15, -0.1) is 11.3 Å². The van der Waals surface area contributed by atoms with E-state index in [0.29, 0.717) is 17.4 Å². The standard InChI is InChI=1S/C20H16N6OS/c1-26-11-13(9-24-26)12-2-3-14-15(8-12)18-16(4-5-22-20(18)27)25-19(14)23-10-17-21-6-7-28-17/h2-9,11H,10H2,1H3,(H,22,27)(H,23,25). The van der Waals surface area contributed by atoms with E-state index in [1.807, 2.05) is 49.1 Å². The van der Waals surface area contributed by atoms with E-state index in [1.54, 1.807) is 28.4 Å². The average molecular weight is 388 g/mol. The first-order valence-corrected chi connectivity index (χ1v) is 9.63. The predicted octanol–water partition coefficient (Wildman–Crippen LogP) is 3.55. The zero-order valence-corrected chi connectivity index (χ0v) is 15.8. The number of benzene rings is 1. The lowest BCUT2D eigenvalue weighted by Gasteiger charge is -2.11. The first kappa shape index (κ1) is 16.6. The summed E-state index contributed by atoms with van der Waals surface area (Å²) in [5, 5.41) is 12.9. The molecule has 0 unspecified atom stereocenters. The highest BCUT2D eigenvalue weighted by Crippen LogP contribution is 2.31. The van der Waals surface area contributed by atoms with Crippen molar-refractivity contribution in [3.63, 3.8) is 0 Å². The number of thiazole rings is 1. The van der Waals surface area contributed by atoms with Crippen LogP contribution in [0.2, 0.25) is 0 Å². The van der Waals surface area contributed by atoms with Gasteiger partial charge in [0.15, 0.2) is 0 Å². The molecule has 0 aliphatic carbocycles. The number of aryl methyl sites for hydroxylation is 1. The van der Waals surface area contributed by atoms with Gasteiger partial charge in [-0.05, 0) is 17.7 Å². The van der Waals surface area contributed by atoms with Crippen LogP contribution in [0.25, 0.3) is 32.8 Å². The molecule has 1 aromatic carbocycles. The lowest BCUT2D eigenvalue weighted by atomic mass is 10.0. The number of aromatic amines is 1. The number of anilines is 1. The third-order valence-corrected chi connectivity index (χ3v) is 5.42. The first-order chi connectivity index (χ1) is 13.7. The van der Waals surface area contributed by atoms with Crippen molar-refractivity contribution in [1.82, 2.24) is 24.7 Å². The summed E-state index contributed by atoms with van der Waals surface area (Å²) in [5.74, 6) is 0.737. The van der Waals surface area contributed by atoms with Crippen molar-refractivity contribution in [3.05, 3.63) is 69.8 Å². The molecule has 4 heterocycles. The lowest BCUT2D eigenvalue weighted by molar-refractivity contribution is 0.768. The molecule has 0 aliphatic rings. The summed E-state index contributed by atoms with van der Waals surface area (Å²) in [6.45, 7) is 0.582. The minimum atomic E-state index is -0.148. The molecule has 5 aromatic rings. The number of pyridine rings is 2. The molecule has 0 fully saturated rings. The Hall–Kier alpha value is -3.52. The third kappa shape index (κ3) is 2.84. The molecule has 0 saturated carbocycles. The van der Waals surface area contributed by atoms with Gasteiger partial charge >= 0.3 is 0 Å². The summed E-state index contributed by atoms with van der Waals surface area (Å²) in [7, 11) is 1.88. The summed E-state index contributed by atoms with van der Waals surface area (Å²) >= 11 is 1.59. The topological polar surface area (TPSA) is 88.5 Å². The van der Waals surface area contributed by atoms with Crippen LogP contribution in [-0.2, 0) is 13.6 Å². The lowest BCUT2D eigenvalue weighted by Crippen LogP contribution is -2.08. The van der Waals surface area contributed by atoms with Crippen molar-refractivity contribution in [2.45, 2.75) is 6.54 Å². The predicted molar refractivity (Wildman–Crippen MR) is 112 cm³/mol. The Kier molecular flexibility index (Phi) is 3.91. The molecule has 5 rings (SSSR count). The summed E-state index contributed by atoms with van der Waals surface area (Å²) in [6.07, 6.45) is 7.18. The number of aromatic nitrogens is 5. The molecule has 0 atom stereocenters. The second kappa shape index (κ2) is 6.58. The normalized spacial score (nSPS) is 11.3. The van der Waals surface area contributed by atoms with Gasteiger partial charge in [0.05, 0.1) is 23.6 Å². The highest BCUT2D eigenvalue weighted by molar-refractivity contribution is 7.09. The van der Waals surface area contributed by atoms with Crippen molar-refractivity contribution in [1.29, 1.82) is 0 Å². The third-order valence-electron chi connectivity index (χ3n) is 4.64. The molecule has 0 spiro atoms. The Morgan fingerprint density at radius 3 is 2.93 bits per heavy atom. The van der Waals surface area contributed by atoms with E-state index in [9.17, 15) is 4.79 Å². The van der Waals surface area contributed by atoms with E-state index < -0.39 is 0 Å². The molecular formula is C20H16N6OS. The van der Waals surface area contributed by atoms with Crippen molar-refractivity contribution < 1.29 is 0 Å². The van der Waals surface area contributed by atoms with Crippen LogP contribution in [0.5, 0.6) is 0 Å². The van der Waals surface area contributed by atoms with Crippen LogP contribution >= 0.6 is 11.3 Å². The van der Waals surface area contributed by atoms with Crippen LogP contribution in [0.15, 0.2) is 59.2 Å². The molecule has 8 heteroatoms. The Morgan fingerprint density at radius 1 is 1.21 bits per heavy atom. The zero-order valence-electron chi connectivity index (χ0n) is 15.0. The fraction of sp³-hybridized carbons (Fsp3) is 0.100. The minimum Gasteiger partial charge on any atom is -0.363 e. The molecule has 0 bridgehead atoms. The molecular weight excluding hydrogens is 372 g/mol. The van der Waals surface area contributed by atoms with Crippen molar-refractivity contribution in [2.24, 2.45) is 7.05 Å². The minimum absolute atomic E-state index is 0.148. The summed E-state index contributed by atoms with van der Waals surface area (Å²) in [6, 6.07) is 7.88. The molecule has 0 aliphatic heterocycles. The quantitative estimate of drug-likeness (QED) is 0.460. The number of hydrogen-bond acceptors (Lipinski definition) is 6. The highest BCUT2D eigenvalue weighted by Gasteiger charge is 2.13. The average Bonchev–Trinajstić information content (AvgIpc) is 3.37. The summed E-state index contributed by atoms with van der Waals surface area (Å²) < 4.78 is 1.76. The smallest absolute Gasteiger partial charge is 0.258 e. The number of H-pyrrole nitrogens is 1. The second-order valence-corrected chi connectivity index (χ2v) is 7.45. The monoisotopic (exact) mass is 388 g/mol. The van der Waals surface area contributed by atoms with Gasteiger partial charge in [-0.2, -0.15) is 5.10 Å².